The van der Waals surface area contributed by atoms with Gasteiger partial charge in [-0.15, -0.1) is 0 Å². The molecule has 0 bridgehead atoms. The van der Waals surface area contributed by atoms with Crippen molar-refractivity contribution in [3.8, 4) is 5.75 Å². The number of nitrogens with zero attached hydrogens (tertiary/aromatic N) is 2. The molecule has 2 saturated heterocycles. The molecular weight excluding hydrogens is 434 g/mol. The van der Waals surface area contributed by atoms with Crippen LogP contribution in [0.25, 0.3) is 0 Å². The Bertz CT molecular complexity index is 1080. The average molecular weight is 464 g/mol. The minimum absolute atomic E-state index is 0.0287. The SMILES string of the molecule is O=C1CCC[C@H](N2Cc3cccc(OCc4ccc(C(=O)N5CCOCC5)cc4)c3C2)C(=O)N1. The van der Waals surface area contributed by atoms with Crippen molar-refractivity contribution in [2.75, 3.05) is 26.3 Å². The fourth-order valence-corrected chi connectivity index (χ4v) is 4.84. The fraction of sp³-hybridized carbons (Fsp3) is 0.423. The zero-order chi connectivity index (χ0) is 23.5. The first kappa shape index (κ1) is 22.6. The second kappa shape index (κ2) is 9.95. The summed E-state index contributed by atoms with van der Waals surface area (Å²) in [4.78, 5) is 40.8. The van der Waals surface area contributed by atoms with Crippen molar-refractivity contribution < 1.29 is 23.9 Å². The van der Waals surface area contributed by atoms with Crippen LogP contribution in [-0.2, 0) is 34.0 Å². The highest BCUT2D eigenvalue weighted by Crippen LogP contribution is 2.33. The van der Waals surface area contributed by atoms with Crippen molar-refractivity contribution in [1.29, 1.82) is 0 Å². The van der Waals surface area contributed by atoms with E-state index < -0.39 is 0 Å². The Labute approximate surface area is 198 Å². The lowest BCUT2D eigenvalue weighted by Gasteiger charge is -2.26. The van der Waals surface area contributed by atoms with Gasteiger partial charge in [0.1, 0.15) is 12.4 Å². The summed E-state index contributed by atoms with van der Waals surface area (Å²) in [6.45, 7) is 4.08. The number of morpholine rings is 1. The molecule has 0 saturated carbocycles. The van der Waals surface area contributed by atoms with E-state index in [0.717, 1.165) is 22.4 Å². The van der Waals surface area contributed by atoms with Crippen LogP contribution < -0.4 is 10.1 Å². The summed E-state index contributed by atoms with van der Waals surface area (Å²) in [6, 6.07) is 13.2. The van der Waals surface area contributed by atoms with Crippen LogP contribution in [0.1, 0.15) is 46.3 Å². The molecule has 3 heterocycles. The molecule has 2 aromatic carbocycles. The molecule has 0 spiro atoms. The monoisotopic (exact) mass is 463 g/mol. The molecule has 0 aliphatic carbocycles. The highest BCUT2D eigenvalue weighted by molar-refractivity contribution is 5.98. The molecule has 0 unspecified atom stereocenters. The molecule has 2 fully saturated rings. The van der Waals surface area contributed by atoms with Crippen molar-refractivity contribution in [3.63, 3.8) is 0 Å². The second-order valence-electron chi connectivity index (χ2n) is 9.01. The van der Waals surface area contributed by atoms with Crippen LogP contribution in [0.2, 0.25) is 0 Å². The highest BCUT2D eigenvalue weighted by atomic mass is 16.5. The van der Waals surface area contributed by atoms with Crippen molar-refractivity contribution in [3.05, 3.63) is 64.7 Å². The smallest absolute Gasteiger partial charge is 0.254 e. The largest absolute Gasteiger partial charge is 0.489 e. The molecule has 1 atom stereocenters. The van der Waals surface area contributed by atoms with E-state index in [1.54, 1.807) is 0 Å². The van der Waals surface area contributed by atoms with Gasteiger partial charge in [0.05, 0.1) is 19.3 Å². The third kappa shape index (κ3) is 4.83. The lowest BCUT2D eigenvalue weighted by molar-refractivity contribution is -0.132. The van der Waals surface area contributed by atoms with E-state index in [9.17, 15) is 14.4 Å². The lowest BCUT2D eigenvalue weighted by atomic mass is 10.1. The van der Waals surface area contributed by atoms with Crippen LogP contribution >= 0.6 is 0 Å². The van der Waals surface area contributed by atoms with Gasteiger partial charge in [-0.25, -0.2) is 0 Å². The van der Waals surface area contributed by atoms with E-state index in [1.165, 1.54) is 0 Å². The first-order valence-electron chi connectivity index (χ1n) is 11.9. The molecule has 34 heavy (non-hydrogen) atoms. The van der Waals surface area contributed by atoms with Gasteiger partial charge in [0, 0.05) is 43.7 Å². The van der Waals surface area contributed by atoms with Gasteiger partial charge in [-0.1, -0.05) is 24.3 Å². The van der Waals surface area contributed by atoms with Crippen LogP contribution in [0.3, 0.4) is 0 Å². The Kier molecular flexibility index (Phi) is 6.60. The van der Waals surface area contributed by atoms with Crippen LogP contribution in [0.4, 0.5) is 0 Å². The van der Waals surface area contributed by atoms with E-state index in [0.29, 0.717) is 70.8 Å². The Morgan fingerprint density at radius 1 is 1.06 bits per heavy atom. The molecule has 178 valence electrons. The topological polar surface area (TPSA) is 88.2 Å². The molecule has 8 nitrogen and oxygen atoms in total. The number of nitrogens with one attached hydrogen (secondary N) is 1. The zero-order valence-corrected chi connectivity index (χ0v) is 19.1. The second-order valence-corrected chi connectivity index (χ2v) is 9.01. The number of carbonyl (C=O) groups is 3. The minimum Gasteiger partial charge on any atom is -0.489 e. The third-order valence-corrected chi connectivity index (χ3v) is 6.75. The number of benzene rings is 2. The molecule has 0 radical (unpaired) electrons. The van der Waals surface area contributed by atoms with Gasteiger partial charge in [0.15, 0.2) is 0 Å². The molecule has 3 amide bonds. The molecule has 5 rings (SSSR count). The van der Waals surface area contributed by atoms with Gasteiger partial charge in [-0.05, 0) is 42.2 Å². The van der Waals surface area contributed by atoms with Crippen molar-refractivity contribution >= 4 is 17.7 Å². The van der Waals surface area contributed by atoms with Crippen molar-refractivity contribution in [2.45, 2.75) is 45.0 Å². The van der Waals surface area contributed by atoms with Crippen molar-refractivity contribution in [2.24, 2.45) is 0 Å². The summed E-state index contributed by atoms with van der Waals surface area (Å²) in [5.74, 6) is 0.440. The standard InChI is InChI=1S/C26H29N3O5/c30-24-6-2-4-22(25(31)27-24)29-15-20-3-1-5-23(21(20)16-29)34-17-18-7-9-19(10-8-18)26(32)28-11-13-33-14-12-28/h1,3,5,7-10,22H,2,4,6,11-17H2,(H,27,30,31)/t22-/m0/s1. The Morgan fingerprint density at radius 2 is 1.85 bits per heavy atom. The normalized spacial score (nSPS) is 21.1. The highest BCUT2D eigenvalue weighted by Gasteiger charge is 2.34. The van der Waals surface area contributed by atoms with E-state index in [1.807, 2.05) is 41.3 Å². The molecule has 2 aromatic rings. The summed E-state index contributed by atoms with van der Waals surface area (Å²) in [6.07, 6.45) is 1.79. The average Bonchev–Trinajstić information content (AvgIpc) is 3.22. The fourth-order valence-electron chi connectivity index (χ4n) is 4.84. The summed E-state index contributed by atoms with van der Waals surface area (Å²) in [5.41, 5.74) is 3.88. The maximum absolute atomic E-state index is 12.6. The molecule has 3 aliphatic rings. The maximum atomic E-state index is 12.6. The predicted molar refractivity (Wildman–Crippen MR) is 124 cm³/mol. The van der Waals surface area contributed by atoms with E-state index >= 15 is 0 Å². The van der Waals surface area contributed by atoms with Crippen LogP contribution in [0.15, 0.2) is 42.5 Å². The first-order chi connectivity index (χ1) is 16.6. The number of fused-ring (bicyclic) bond motifs is 1. The van der Waals surface area contributed by atoms with E-state index in [2.05, 4.69) is 16.3 Å². The Balaban J connectivity index is 1.22. The number of hydrogen-bond acceptors (Lipinski definition) is 6. The van der Waals surface area contributed by atoms with Crippen LogP contribution in [-0.4, -0.2) is 59.9 Å². The van der Waals surface area contributed by atoms with Gasteiger partial charge in [-0.2, -0.15) is 0 Å². The summed E-state index contributed by atoms with van der Waals surface area (Å²) >= 11 is 0. The van der Waals surface area contributed by atoms with Gasteiger partial charge in [-0.3, -0.25) is 24.6 Å². The van der Waals surface area contributed by atoms with Crippen LogP contribution in [0.5, 0.6) is 5.75 Å². The van der Waals surface area contributed by atoms with E-state index in [4.69, 9.17) is 9.47 Å². The minimum atomic E-state index is -0.303. The van der Waals surface area contributed by atoms with Gasteiger partial charge in [0.2, 0.25) is 11.8 Å². The predicted octanol–water partition coefficient (Wildman–Crippen LogP) is 2.25. The molecule has 8 heteroatoms. The molecule has 3 aliphatic heterocycles. The number of amides is 3. The van der Waals surface area contributed by atoms with E-state index in [-0.39, 0.29) is 23.8 Å². The summed E-state index contributed by atoms with van der Waals surface area (Å²) < 4.78 is 11.5. The van der Waals surface area contributed by atoms with Crippen molar-refractivity contribution in [1.82, 2.24) is 15.1 Å². The number of rotatable bonds is 5. The summed E-state index contributed by atoms with van der Waals surface area (Å²) in [5, 5.41) is 2.51. The maximum Gasteiger partial charge on any atom is 0.254 e. The lowest BCUT2D eigenvalue weighted by Crippen LogP contribution is -2.44. The third-order valence-electron chi connectivity index (χ3n) is 6.75. The molecular formula is C26H29N3O5. The number of imide groups is 1. The Morgan fingerprint density at radius 3 is 2.65 bits per heavy atom. The van der Waals surface area contributed by atoms with Crippen LogP contribution in [0, 0.1) is 0 Å². The molecule has 1 N–H and O–H groups in total. The zero-order valence-electron chi connectivity index (χ0n) is 19.1. The molecule has 0 aromatic heterocycles. The quantitative estimate of drug-likeness (QED) is 0.685. The Hall–Kier alpha value is -3.23. The number of carbonyl (C=O) groups excluding carboxylic acids is 3. The summed E-state index contributed by atoms with van der Waals surface area (Å²) in [7, 11) is 0. The van der Waals surface area contributed by atoms with Gasteiger partial charge >= 0.3 is 0 Å². The number of ether oxygens (including phenoxy) is 2. The van der Waals surface area contributed by atoms with Gasteiger partial charge in [0.25, 0.3) is 5.91 Å². The first-order valence-corrected chi connectivity index (χ1v) is 11.9. The number of hydrogen-bond donors (Lipinski definition) is 1. The van der Waals surface area contributed by atoms with Gasteiger partial charge < -0.3 is 14.4 Å².